The van der Waals surface area contributed by atoms with Gasteiger partial charge in [-0.2, -0.15) is 16.8 Å². The molecule has 0 N–H and O–H groups in total. The van der Waals surface area contributed by atoms with Gasteiger partial charge in [-0.15, -0.1) is 0 Å². The Hall–Kier alpha value is -1.66. The van der Waals surface area contributed by atoms with Gasteiger partial charge in [0, 0.05) is 6.07 Å². The first-order valence-electron chi connectivity index (χ1n) is 7.76. The van der Waals surface area contributed by atoms with E-state index in [4.69, 9.17) is 9.47 Å². The molecule has 1 aliphatic rings. The van der Waals surface area contributed by atoms with E-state index in [1.54, 1.807) is 0 Å². The molecule has 148 valence electrons. The third-order valence-electron chi connectivity index (χ3n) is 3.53. The predicted molar refractivity (Wildman–Crippen MR) is 85.8 cm³/mol. The third-order valence-corrected chi connectivity index (χ3v) is 4.30. The van der Waals surface area contributed by atoms with Gasteiger partial charge in [-0.25, -0.2) is 0 Å². The van der Waals surface area contributed by atoms with Crippen LogP contribution in [0.1, 0.15) is 39.0 Å². The fraction of sp³-hybridized carbons (Fsp3) is 0.571. The molecule has 1 aromatic carbocycles. The van der Waals surface area contributed by atoms with Gasteiger partial charge in [0.2, 0.25) is 0 Å². The van der Waals surface area contributed by atoms with E-state index in [2.05, 4.69) is 8.37 Å². The molecule has 12 heteroatoms. The highest BCUT2D eigenvalue weighted by atomic mass is 32.3. The lowest BCUT2D eigenvalue weighted by Gasteiger charge is -2.26. The molecule has 1 saturated carbocycles. The van der Waals surface area contributed by atoms with Gasteiger partial charge in [0.1, 0.15) is 5.75 Å². The standard InChI is InChI=1S/C14H18F2O8S2/c1-10(21-11-5-3-2-4-6-11)22-14-9-12(23-25(15,17)18)7-8-13(14)24-26(16,19)20/h7-11H,2-6H2,1H3. The molecule has 0 heterocycles. The van der Waals surface area contributed by atoms with E-state index in [1.807, 2.05) is 0 Å². The molecular weight excluding hydrogens is 398 g/mol. The van der Waals surface area contributed by atoms with E-state index in [0.717, 1.165) is 50.3 Å². The Morgan fingerprint density at radius 2 is 1.58 bits per heavy atom. The average Bonchev–Trinajstić information content (AvgIpc) is 2.48. The summed E-state index contributed by atoms with van der Waals surface area (Å²) in [5.41, 5.74) is 0. The summed E-state index contributed by atoms with van der Waals surface area (Å²) in [6.45, 7) is 1.52. The van der Waals surface area contributed by atoms with E-state index >= 15 is 0 Å². The molecule has 1 fully saturated rings. The van der Waals surface area contributed by atoms with Crippen LogP contribution in [0.5, 0.6) is 17.2 Å². The van der Waals surface area contributed by atoms with Crippen molar-refractivity contribution < 1.29 is 42.4 Å². The summed E-state index contributed by atoms with van der Waals surface area (Å²) in [6, 6.07) is 2.58. The lowest BCUT2D eigenvalue weighted by atomic mass is 9.98. The highest BCUT2D eigenvalue weighted by Gasteiger charge is 2.22. The SMILES string of the molecule is CC(Oc1cc(OS(=O)(=O)F)ccc1OS(=O)(=O)F)OC1CCCCC1. The molecule has 26 heavy (non-hydrogen) atoms. The molecule has 1 aromatic rings. The van der Waals surface area contributed by atoms with Crippen molar-refractivity contribution in [3.8, 4) is 17.2 Å². The maximum Gasteiger partial charge on any atom is 0.488 e. The minimum atomic E-state index is -5.36. The maximum absolute atomic E-state index is 12.8. The number of hydrogen-bond acceptors (Lipinski definition) is 8. The van der Waals surface area contributed by atoms with Crippen LogP contribution in [-0.4, -0.2) is 29.2 Å². The van der Waals surface area contributed by atoms with Crippen molar-refractivity contribution in [1.82, 2.24) is 0 Å². The normalized spacial score (nSPS) is 17.5. The Morgan fingerprint density at radius 1 is 0.962 bits per heavy atom. The lowest BCUT2D eigenvalue weighted by Crippen LogP contribution is -2.26. The van der Waals surface area contributed by atoms with Crippen LogP contribution < -0.4 is 13.1 Å². The zero-order chi connectivity index (χ0) is 19.4. The van der Waals surface area contributed by atoms with Crippen LogP contribution >= 0.6 is 0 Å². The Bertz CT molecular complexity index is 819. The fourth-order valence-corrected chi connectivity index (χ4v) is 3.29. The first-order valence-corrected chi connectivity index (χ1v) is 10.4. The first kappa shape index (κ1) is 20.6. The van der Waals surface area contributed by atoms with E-state index in [-0.39, 0.29) is 6.10 Å². The van der Waals surface area contributed by atoms with Crippen LogP contribution in [0.2, 0.25) is 0 Å². The Labute approximate surface area is 150 Å². The van der Waals surface area contributed by atoms with Crippen molar-refractivity contribution in [2.24, 2.45) is 0 Å². The van der Waals surface area contributed by atoms with Crippen LogP contribution in [0.4, 0.5) is 7.77 Å². The topological polar surface area (TPSA) is 105 Å². The minimum Gasteiger partial charge on any atom is -0.461 e. The Kier molecular flexibility index (Phi) is 6.64. The van der Waals surface area contributed by atoms with Crippen molar-refractivity contribution >= 4 is 21.0 Å². The minimum absolute atomic E-state index is 0.0568. The van der Waals surface area contributed by atoms with Gasteiger partial charge in [-0.05, 0) is 31.9 Å². The van der Waals surface area contributed by atoms with E-state index < -0.39 is 44.5 Å². The molecule has 0 spiro atoms. The number of rotatable bonds is 8. The highest BCUT2D eigenvalue weighted by Crippen LogP contribution is 2.35. The zero-order valence-corrected chi connectivity index (χ0v) is 15.4. The molecule has 0 radical (unpaired) electrons. The first-order chi connectivity index (χ1) is 12.0. The summed E-state index contributed by atoms with van der Waals surface area (Å²) >= 11 is 0. The second kappa shape index (κ2) is 8.35. The zero-order valence-electron chi connectivity index (χ0n) is 13.8. The molecule has 1 unspecified atom stereocenters. The lowest BCUT2D eigenvalue weighted by molar-refractivity contribution is -0.117. The number of ether oxygens (including phenoxy) is 2. The van der Waals surface area contributed by atoms with Crippen molar-refractivity contribution in [2.45, 2.75) is 51.4 Å². The smallest absolute Gasteiger partial charge is 0.461 e. The largest absolute Gasteiger partial charge is 0.488 e. The van der Waals surface area contributed by atoms with Gasteiger partial charge in [-0.3, -0.25) is 0 Å². The summed E-state index contributed by atoms with van der Waals surface area (Å²) < 4.78 is 87.2. The van der Waals surface area contributed by atoms with E-state index in [0.29, 0.717) is 0 Å². The summed E-state index contributed by atoms with van der Waals surface area (Å²) in [6.07, 6.45) is 3.84. The molecule has 8 nitrogen and oxygen atoms in total. The third kappa shape index (κ3) is 7.30. The van der Waals surface area contributed by atoms with Gasteiger partial charge in [0.15, 0.2) is 17.8 Å². The van der Waals surface area contributed by atoms with Crippen LogP contribution in [-0.2, 0) is 25.7 Å². The molecule has 0 saturated heterocycles. The van der Waals surface area contributed by atoms with Gasteiger partial charge in [-0.1, -0.05) is 27.0 Å². The molecule has 0 aliphatic heterocycles. The quantitative estimate of drug-likeness (QED) is 0.470. The second-order valence-corrected chi connectivity index (χ2v) is 7.55. The molecular formula is C14H18F2O8S2. The summed E-state index contributed by atoms with van der Waals surface area (Å²) in [5.74, 6) is -1.48. The second-order valence-electron chi connectivity index (χ2n) is 5.64. The molecule has 0 bridgehead atoms. The van der Waals surface area contributed by atoms with Crippen LogP contribution in [0.25, 0.3) is 0 Å². The molecule has 1 atom stereocenters. The number of hydrogen-bond donors (Lipinski definition) is 0. The van der Waals surface area contributed by atoms with Crippen LogP contribution in [0.3, 0.4) is 0 Å². The maximum atomic E-state index is 12.8. The van der Waals surface area contributed by atoms with Crippen LogP contribution in [0.15, 0.2) is 18.2 Å². The number of halogens is 2. The van der Waals surface area contributed by atoms with Gasteiger partial charge in [0.05, 0.1) is 6.10 Å². The van der Waals surface area contributed by atoms with Crippen LogP contribution in [0, 0.1) is 0 Å². The number of benzene rings is 1. The summed E-state index contributed by atoms with van der Waals surface area (Å²) in [7, 11) is -10.7. The van der Waals surface area contributed by atoms with E-state index in [9.17, 15) is 24.6 Å². The molecule has 2 rings (SSSR count). The van der Waals surface area contributed by atoms with Crippen molar-refractivity contribution in [2.75, 3.05) is 0 Å². The van der Waals surface area contributed by atoms with Crippen molar-refractivity contribution in [1.29, 1.82) is 0 Å². The Morgan fingerprint density at radius 3 is 2.15 bits per heavy atom. The molecule has 0 aromatic heterocycles. The van der Waals surface area contributed by atoms with Gasteiger partial charge in [0.25, 0.3) is 0 Å². The predicted octanol–water partition coefficient (Wildman–Crippen LogP) is 2.95. The van der Waals surface area contributed by atoms with Gasteiger partial charge < -0.3 is 17.8 Å². The molecule has 1 aliphatic carbocycles. The van der Waals surface area contributed by atoms with Gasteiger partial charge >= 0.3 is 21.0 Å². The average molecular weight is 416 g/mol. The molecule has 0 amide bonds. The summed E-state index contributed by atoms with van der Waals surface area (Å²) in [4.78, 5) is 0. The van der Waals surface area contributed by atoms with Crippen molar-refractivity contribution in [3.63, 3.8) is 0 Å². The van der Waals surface area contributed by atoms with E-state index in [1.165, 1.54) is 6.92 Å². The summed E-state index contributed by atoms with van der Waals surface area (Å²) in [5, 5.41) is 0. The fourth-order valence-electron chi connectivity index (χ4n) is 2.60. The Balaban J connectivity index is 2.18. The highest BCUT2D eigenvalue weighted by molar-refractivity contribution is 7.82. The van der Waals surface area contributed by atoms with Crippen molar-refractivity contribution in [3.05, 3.63) is 18.2 Å². The monoisotopic (exact) mass is 416 g/mol.